The molecule has 1 amide bonds. The summed E-state index contributed by atoms with van der Waals surface area (Å²) in [6.07, 6.45) is 1.42. The molecule has 1 N–H and O–H groups in total. The van der Waals surface area contributed by atoms with Crippen molar-refractivity contribution in [2.75, 3.05) is 6.61 Å². The lowest BCUT2D eigenvalue weighted by molar-refractivity contribution is -0.147. The quantitative estimate of drug-likeness (QED) is 0.660. The van der Waals surface area contributed by atoms with Gasteiger partial charge < -0.3 is 10.1 Å². The lowest BCUT2D eigenvalue weighted by atomic mass is 9.95. The third kappa shape index (κ3) is 6.52. The second kappa shape index (κ2) is 10.6. The van der Waals surface area contributed by atoms with E-state index >= 15 is 0 Å². The number of ether oxygens (including phenoxy) is 1. The Morgan fingerprint density at radius 3 is 2.07 bits per heavy atom. The molecule has 2 rings (SSSR count). The molecule has 0 bridgehead atoms. The van der Waals surface area contributed by atoms with Crippen LogP contribution in [-0.4, -0.2) is 24.5 Å². The van der Waals surface area contributed by atoms with E-state index in [2.05, 4.69) is 31.3 Å². The Labute approximate surface area is 168 Å². The van der Waals surface area contributed by atoms with E-state index in [1.165, 1.54) is 5.56 Å². The molecule has 0 saturated heterocycles. The van der Waals surface area contributed by atoms with E-state index < -0.39 is 12.0 Å². The maximum Gasteiger partial charge on any atom is 0.328 e. The zero-order valence-electron chi connectivity index (χ0n) is 17.3. The van der Waals surface area contributed by atoms with Crippen molar-refractivity contribution < 1.29 is 14.3 Å². The fourth-order valence-corrected chi connectivity index (χ4v) is 3.15. The van der Waals surface area contributed by atoms with E-state index in [-0.39, 0.29) is 18.4 Å². The lowest BCUT2D eigenvalue weighted by Crippen LogP contribution is -2.44. The van der Waals surface area contributed by atoms with E-state index in [1.54, 1.807) is 6.92 Å². The molecule has 0 aliphatic rings. The Morgan fingerprint density at radius 1 is 0.893 bits per heavy atom. The van der Waals surface area contributed by atoms with Gasteiger partial charge in [0.15, 0.2) is 0 Å². The van der Waals surface area contributed by atoms with E-state index in [0.717, 1.165) is 17.5 Å². The van der Waals surface area contributed by atoms with Gasteiger partial charge in [0, 0.05) is 6.42 Å². The summed E-state index contributed by atoms with van der Waals surface area (Å²) >= 11 is 0. The minimum atomic E-state index is -0.697. The largest absolute Gasteiger partial charge is 0.464 e. The number of rotatable bonds is 9. The van der Waals surface area contributed by atoms with Gasteiger partial charge in [-0.05, 0) is 42.9 Å². The van der Waals surface area contributed by atoms with Crippen LogP contribution in [0.4, 0.5) is 0 Å². The summed E-state index contributed by atoms with van der Waals surface area (Å²) in [6, 6.07) is 17.1. The standard InChI is InChI=1S/C24H31NO3/c1-5-28-24(27)22(16-19-9-7-6-8-10-19)25-23(26)18(4)21-13-11-20(12-14-21)15-17(2)3/h6-14,17-18,22H,5,15-16H2,1-4H3,(H,25,26). The number of esters is 1. The molecule has 4 heteroatoms. The summed E-state index contributed by atoms with van der Waals surface area (Å²) in [5, 5.41) is 2.88. The molecule has 2 atom stereocenters. The molecular formula is C24H31NO3. The van der Waals surface area contributed by atoms with Gasteiger partial charge in [-0.3, -0.25) is 4.79 Å². The van der Waals surface area contributed by atoms with Gasteiger partial charge >= 0.3 is 5.97 Å². The first kappa shape index (κ1) is 21.7. The number of hydrogen-bond acceptors (Lipinski definition) is 3. The van der Waals surface area contributed by atoms with Crippen molar-refractivity contribution >= 4 is 11.9 Å². The molecule has 0 radical (unpaired) electrons. The van der Waals surface area contributed by atoms with Crippen molar-refractivity contribution in [3.05, 3.63) is 71.3 Å². The summed E-state index contributed by atoms with van der Waals surface area (Å²) in [7, 11) is 0. The monoisotopic (exact) mass is 381 g/mol. The Kier molecular flexibility index (Phi) is 8.24. The number of benzene rings is 2. The highest BCUT2D eigenvalue weighted by atomic mass is 16.5. The minimum absolute atomic E-state index is 0.175. The van der Waals surface area contributed by atoms with E-state index in [0.29, 0.717) is 12.3 Å². The first-order valence-electron chi connectivity index (χ1n) is 10.0. The van der Waals surface area contributed by atoms with Gasteiger partial charge in [-0.25, -0.2) is 4.79 Å². The zero-order valence-corrected chi connectivity index (χ0v) is 17.3. The average Bonchev–Trinajstić information content (AvgIpc) is 2.68. The maximum absolute atomic E-state index is 12.8. The molecular weight excluding hydrogens is 350 g/mol. The highest BCUT2D eigenvalue weighted by Gasteiger charge is 2.25. The molecule has 0 aliphatic carbocycles. The topological polar surface area (TPSA) is 55.4 Å². The Bertz CT molecular complexity index is 753. The van der Waals surface area contributed by atoms with Gasteiger partial charge in [0.1, 0.15) is 6.04 Å². The average molecular weight is 382 g/mol. The van der Waals surface area contributed by atoms with Crippen molar-refractivity contribution in [1.29, 1.82) is 0 Å². The van der Waals surface area contributed by atoms with Crippen LogP contribution in [0.15, 0.2) is 54.6 Å². The van der Waals surface area contributed by atoms with Crippen LogP contribution in [0, 0.1) is 5.92 Å². The van der Waals surface area contributed by atoms with Crippen molar-refractivity contribution in [1.82, 2.24) is 5.32 Å². The van der Waals surface area contributed by atoms with Gasteiger partial charge in [0.05, 0.1) is 12.5 Å². The first-order valence-corrected chi connectivity index (χ1v) is 10.0. The molecule has 0 spiro atoms. The summed E-state index contributed by atoms with van der Waals surface area (Å²) in [4.78, 5) is 25.1. The van der Waals surface area contributed by atoms with Crippen molar-refractivity contribution in [2.45, 2.75) is 52.5 Å². The molecule has 2 unspecified atom stereocenters. The van der Waals surface area contributed by atoms with Crippen molar-refractivity contribution in [3.8, 4) is 0 Å². The predicted molar refractivity (Wildman–Crippen MR) is 112 cm³/mol. The van der Waals surface area contributed by atoms with E-state index in [9.17, 15) is 9.59 Å². The van der Waals surface area contributed by atoms with Gasteiger partial charge in [0.25, 0.3) is 0 Å². The van der Waals surface area contributed by atoms with Gasteiger partial charge in [-0.1, -0.05) is 68.4 Å². The van der Waals surface area contributed by atoms with Crippen LogP contribution in [0.25, 0.3) is 0 Å². The Hall–Kier alpha value is -2.62. The van der Waals surface area contributed by atoms with Crippen molar-refractivity contribution in [2.24, 2.45) is 5.92 Å². The highest BCUT2D eigenvalue weighted by molar-refractivity contribution is 5.88. The number of carbonyl (C=O) groups excluding carboxylic acids is 2. The molecule has 0 heterocycles. The third-order valence-electron chi connectivity index (χ3n) is 4.69. The van der Waals surface area contributed by atoms with E-state index in [4.69, 9.17) is 4.74 Å². The molecule has 2 aromatic rings. The first-order chi connectivity index (χ1) is 13.4. The predicted octanol–water partition coefficient (Wildman–Crippen LogP) is 4.28. The molecule has 2 aromatic carbocycles. The van der Waals surface area contributed by atoms with Crippen LogP contribution in [0.5, 0.6) is 0 Å². The molecule has 0 aromatic heterocycles. The summed E-state index contributed by atoms with van der Waals surface area (Å²) in [5.41, 5.74) is 3.18. The normalized spacial score (nSPS) is 13.0. The van der Waals surface area contributed by atoms with Crippen LogP contribution in [-0.2, 0) is 27.2 Å². The molecule has 0 saturated carbocycles. The fourth-order valence-electron chi connectivity index (χ4n) is 3.15. The maximum atomic E-state index is 12.8. The fraction of sp³-hybridized carbons (Fsp3) is 0.417. The molecule has 4 nitrogen and oxygen atoms in total. The third-order valence-corrected chi connectivity index (χ3v) is 4.69. The minimum Gasteiger partial charge on any atom is -0.464 e. The summed E-state index contributed by atoms with van der Waals surface area (Å²) < 4.78 is 5.16. The second-order valence-corrected chi connectivity index (χ2v) is 7.56. The van der Waals surface area contributed by atoms with Crippen molar-refractivity contribution in [3.63, 3.8) is 0 Å². The summed E-state index contributed by atoms with van der Waals surface area (Å²) in [5.74, 6) is -0.333. The van der Waals surface area contributed by atoms with E-state index in [1.807, 2.05) is 49.4 Å². The molecule has 0 fully saturated rings. The lowest BCUT2D eigenvalue weighted by Gasteiger charge is -2.20. The van der Waals surface area contributed by atoms with Crippen LogP contribution < -0.4 is 5.32 Å². The SMILES string of the molecule is CCOC(=O)C(Cc1ccccc1)NC(=O)C(C)c1ccc(CC(C)C)cc1. The Balaban J connectivity index is 2.07. The van der Waals surface area contributed by atoms with Gasteiger partial charge in [-0.15, -0.1) is 0 Å². The number of nitrogens with one attached hydrogen (secondary N) is 1. The molecule has 150 valence electrons. The van der Waals surface area contributed by atoms with Crippen LogP contribution in [0.2, 0.25) is 0 Å². The molecule has 28 heavy (non-hydrogen) atoms. The zero-order chi connectivity index (χ0) is 20.5. The summed E-state index contributed by atoms with van der Waals surface area (Å²) in [6.45, 7) is 8.28. The number of carbonyl (C=O) groups is 2. The van der Waals surface area contributed by atoms with Crippen LogP contribution in [0.1, 0.15) is 50.3 Å². The Morgan fingerprint density at radius 2 is 1.50 bits per heavy atom. The second-order valence-electron chi connectivity index (χ2n) is 7.56. The number of amides is 1. The van der Waals surface area contributed by atoms with Gasteiger partial charge in [0.2, 0.25) is 5.91 Å². The van der Waals surface area contributed by atoms with Gasteiger partial charge in [-0.2, -0.15) is 0 Å². The smallest absolute Gasteiger partial charge is 0.328 e. The highest BCUT2D eigenvalue weighted by Crippen LogP contribution is 2.18. The van der Waals surface area contributed by atoms with Crippen LogP contribution >= 0.6 is 0 Å². The van der Waals surface area contributed by atoms with Crippen LogP contribution in [0.3, 0.4) is 0 Å². The molecule has 0 aliphatic heterocycles. The number of hydrogen-bond donors (Lipinski definition) is 1.